The summed E-state index contributed by atoms with van der Waals surface area (Å²) in [4.78, 5) is 22.7. The molecule has 3 rings (SSSR count). The lowest BCUT2D eigenvalue weighted by Crippen LogP contribution is -2.20. The lowest BCUT2D eigenvalue weighted by atomic mass is 9.86. The van der Waals surface area contributed by atoms with Crippen LogP contribution in [0.1, 0.15) is 49.8 Å². The third kappa shape index (κ3) is 4.59. The van der Waals surface area contributed by atoms with Gasteiger partial charge in [0.2, 0.25) is 5.91 Å². The Kier molecular flexibility index (Phi) is 5.78. The van der Waals surface area contributed by atoms with Gasteiger partial charge in [-0.25, -0.2) is 5.43 Å². The van der Waals surface area contributed by atoms with Crippen LogP contribution in [0.5, 0.6) is 11.5 Å². The van der Waals surface area contributed by atoms with Crippen molar-refractivity contribution in [3.05, 3.63) is 63.2 Å². The highest BCUT2D eigenvalue weighted by Crippen LogP contribution is 2.47. The summed E-state index contributed by atoms with van der Waals surface area (Å²) in [7, 11) is 1.25. The highest BCUT2D eigenvalue weighted by Gasteiger charge is 2.44. The first kappa shape index (κ1) is 21.3. The first-order chi connectivity index (χ1) is 14.1. The molecule has 1 aliphatic rings. The van der Waals surface area contributed by atoms with Crippen LogP contribution in [-0.2, 0) is 10.2 Å². The van der Waals surface area contributed by atoms with Crippen molar-refractivity contribution in [3.63, 3.8) is 0 Å². The predicted molar refractivity (Wildman–Crippen MR) is 111 cm³/mol. The summed E-state index contributed by atoms with van der Waals surface area (Å²) < 4.78 is 4.88. The number of nitrogens with zero attached hydrogens (tertiary/aromatic N) is 2. The number of benzene rings is 2. The van der Waals surface area contributed by atoms with Crippen LogP contribution in [0.25, 0.3) is 0 Å². The molecule has 0 radical (unpaired) electrons. The molecule has 1 N–H and O–H groups in total. The summed E-state index contributed by atoms with van der Waals surface area (Å²) in [5, 5.41) is 27.0. The van der Waals surface area contributed by atoms with Gasteiger partial charge in [0.05, 0.1) is 24.3 Å². The number of hydrogen-bond acceptors (Lipinski definition) is 6. The van der Waals surface area contributed by atoms with Crippen molar-refractivity contribution < 1.29 is 19.6 Å². The molecule has 0 aromatic heterocycles. The first-order valence-electron chi connectivity index (χ1n) is 9.58. The van der Waals surface area contributed by atoms with E-state index in [1.807, 2.05) is 0 Å². The molecule has 1 fully saturated rings. The minimum absolute atomic E-state index is 0.0357. The van der Waals surface area contributed by atoms with Crippen LogP contribution in [0.15, 0.2) is 41.5 Å². The van der Waals surface area contributed by atoms with Crippen LogP contribution in [0.2, 0.25) is 0 Å². The van der Waals surface area contributed by atoms with E-state index in [2.05, 4.69) is 55.6 Å². The van der Waals surface area contributed by atoms with Crippen LogP contribution in [0.4, 0.5) is 5.69 Å². The summed E-state index contributed by atoms with van der Waals surface area (Å²) in [5.41, 5.74) is 4.51. The summed E-state index contributed by atoms with van der Waals surface area (Å²) >= 11 is 0. The zero-order valence-electron chi connectivity index (χ0n) is 17.3. The Labute approximate surface area is 174 Å². The van der Waals surface area contributed by atoms with Crippen molar-refractivity contribution in [3.8, 4) is 11.5 Å². The average Bonchev–Trinajstić information content (AvgIpc) is 3.49. The monoisotopic (exact) mass is 410 g/mol. The molecule has 30 heavy (non-hydrogen) atoms. The largest absolute Gasteiger partial charge is 0.870 e. The lowest BCUT2D eigenvalue weighted by Gasteiger charge is -2.19. The second-order valence-electron chi connectivity index (χ2n) is 8.38. The number of nitro groups is 1. The summed E-state index contributed by atoms with van der Waals surface area (Å²) in [6.07, 6.45) is 1.83. The summed E-state index contributed by atoms with van der Waals surface area (Å²) in [5.74, 6) is -0.987. The minimum Gasteiger partial charge on any atom is -0.870 e. The van der Waals surface area contributed by atoms with Gasteiger partial charge in [-0.3, -0.25) is 14.9 Å². The van der Waals surface area contributed by atoms with E-state index < -0.39 is 10.7 Å². The number of ether oxygens (including phenoxy) is 1. The highest BCUT2D eigenvalue weighted by molar-refractivity contribution is 5.88. The van der Waals surface area contributed by atoms with E-state index in [1.165, 1.54) is 12.7 Å². The Bertz CT molecular complexity index is 993. The van der Waals surface area contributed by atoms with E-state index >= 15 is 0 Å². The number of nitrogens with one attached hydrogen (secondary N) is 1. The average molecular weight is 410 g/mol. The molecule has 0 bridgehead atoms. The molecule has 0 unspecified atom stereocenters. The normalized spacial score (nSPS) is 18.3. The van der Waals surface area contributed by atoms with Gasteiger partial charge in [-0.1, -0.05) is 50.8 Å². The molecule has 8 nitrogen and oxygen atoms in total. The minimum atomic E-state index is -0.627. The summed E-state index contributed by atoms with van der Waals surface area (Å²) in [6.45, 7) is 6.45. The van der Waals surface area contributed by atoms with Crippen molar-refractivity contribution in [1.29, 1.82) is 0 Å². The number of amides is 1. The molecule has 0 heterocycles. The van der Waals surface area contributed by atoms with Crippen molar-refractivity contribution in [2.75, 3.05) is 7.11 Å². The van der Waals surface area contributed by atoms with Crippen molar-refractivity contribution >= 4 is 17.8 Å². The maximum atomic E-state index is 12.4. The predicted octanol–water partition coefficient (Wildman–Crippen LogP) is 3.23. The van der Waals surface area contributed by atoms with E-state index in [0.717, 1.165) is 30.3 Å². The van der Waals surface area contributed by atoms with Crippen molar-refractivity contribution in [2.24, 2.45) is 11.0 Å². The molecule has 0 spiro atoms. The highest BCUT2D eigenvalue weighted by atomic mass is 16.6. The number of hydrogen-bond donors (Lipinski definition) is 1. The molecule has 2 aromatic carbocycles. The number of hydrazone groups is 1. The Balaban J connectivity index is 1.64. The van der Waals surface area contributed by atoms with Crippen LogP contribution in [-0.4, -0.2) is 24.2 Å². The SMILES string of the molecule is COc1cc([N+](=O)[O-])cc(/C=N/NC(=O)[C@@H]2C[C@@H]2c2ccc(C(C)(C)C)cc2)c1[O-]. The van der Waals surface area contributed by atoms with Crippen LogP contribution in [0, 0.1) is 16.0 Å². The first-order valence-corrected chi connectivity index (χ1v) is 9.58. The van der Waals surface area contributed by atoms with Gasteiger partial charge in [-0.05, 0) is 34.4 Å². The van der Waals surface area contributed by atoms with E-state index in [4.69, 9.17) is 4.74 Å². The molecule has 158 valence electrons. The molecule has 1 saturated carbocycles. The van der Waals surface area contributed by atoms with Crippen LogP contribution >= 0.6 is 0 Å². The summed E-state index contributed by atoms with van der Waals surface area (Å²) in [6, 6.07) is 10.4. The Morgan fingerprint density at radius 2 is 1.93 bits per heavy atom. The number of rotatable bonds is 6. The van der Waals surface area contributed by atoms with Gasteiger partial charge in [-0.15, -0.1) is 0 Å². The third-order valence-electron chi connectivity index (χ3n) is 5.21. The number of carbonyl (C=O) groups excluding carboxylic acids is 1. The molecule has 2 atom stereocenters. The van der Waals surface area contributed by atoms with Gasteiger partial charge in [0, 0.05) is 12.0 Å². The quantitative estimate of drug-likeness (QED) is 0.446. The molecule has 2 aromatic rings. The molecule has 1 amide bonds. The van der Waals surface area contributed by atoms with Gasteiger partial charge in [0.1, 0.15) is 5.75 Å². The standard InChI is InChI=1S/C22H25N3O5/c1-22(2,3)15-7-5-13(6-8-15)17-11-18(17)21(27)24-23-12-14-9-16(25(28)29)10-19(30-4)20(14)26/h5-10,12,17-18,26H,11H2,1-4H3,(H,24,27)/p-1/b23-12+/t17-,18-/m1/s1. The molecule has 8 heteroatoms. The van der Waals surface area contributed by atoms with Gasteiger partial charge in [0.15, 0.2) is 0 Å². The van der Waals surface area contributed by atoms with Gasteiger partial charge >= 0.3 is 0 Å². The molecule has 0 aliphatic heterocycles. The van der Waals surface area contributed by atoms with Crippen LogP contribution in [0.3, 0.4) is 0 Å². The fourth-order valence-corrected chi connectivity index (χ4v) is 3.29. The molecule has 0 saturated heterocycles. The van der Waals surface area contributed by atoms with Gasteiger partial charge in [0.25, 0.3) is 5.69 Å². The molecular formula is C22H24N3O5-. The third-order valence-corrected chi connectivity index (χ3v) is 5.21. The van der Waals surface area contributed by atoms with E-state index in [-0.39, 0.29) is 40.2 Å². The topological polar surface area (TPSA) is 117 Å². The number of carbonyl (C=O) groups is 1. The van der Waals surface area contributed by atoms with Crippen molar-refractivity contribution in [1.82, 2.24) is 5.43 Å². The zero-order chi connectivity index (χ0) is 22.1. The molecule has 1 aliphatic carbocycles. The van der Waals surface area contributed by atoms with E-state index in [1.54, 1.807) is 0 Å². The smallest absolute Gasteiger partial charge is 0.273 e. The fraction of sp³-hybridized carbons (Fsp3) is 0.364. The maximum Gasteiger partial charge on any atom is 0.273 e. The van der Waals surface area contributed by atoms with Gasteiger partial charge in [-0.2, -0.15) is 5.10 Å². The Morgan fingerprint density at radius 1 is 1.27 bits per heavy atom. The van der Waals surface area contributed by atoms with E-state index in [9.17, 15) is 20.0 Å². The zero-order valence-corrected chi connectivity index (χ0v) is 17.3. The van der Waals surface area contributed by atoms with E-state index in [0.29, 0.717) is 0 Å². The second-order valence-corrected chi connectivity index (χ2v) is 8.38. The fourth-order valence-electron chi connectivity index (χ4n) is 3.29. The second kappa shape index (κ2) is 8.14. The molecular weight excluding hydrogens is 386 g/mol. The Hall–Kier alpha value is -3.42. The maximum absolute atomic E-state index is 12.4. The van der Waals surface area contributed by atoms with Crippen LogP contribution < -0.4 is 15.3 Å². The Morgan fingerprint density at radius 3 is 2.50 bits per heavy atom. The number of methoxy groups -OCH3 is 1. The lowest BCUT2D eigenvalue weighted by molar-refractivity contribution is -0.385. The van der Waals surface area contributed by atoms with Gasteiger partial charge < -0.3 is 9.84 Å². The number of non-ortho nitro benzene ring substituents is 1. The number of nitro benzene ring substituents is 1. The van der Waals surface area contributed by atoms with Crippen molar-refractivity contribution in [2.45, 2.75) is 38.5 Å².